The van der Waals surface area contributed by atoms with Gasteiger partial charge in [0.2, 0.25) is 0 Å². The zero-order chi connectivity index (χ0) is 11.5. The lowest BCUT2D eigenvalue weighted by Crippen LogP contribution is -1.96. The van der Waals surface area contributed by atoms with E-state index in [0.29, 0.717) is 11.8 Å². The molecule has 0 amide bonds. The summed E-state index contributed by atoms with van der Waals surface area (Å²) in [6.45, 7) is 4.40. The highest BCUT2D eigenvalue weighted by Crippen LogP contribution is 2.42. The Bertz CT molecular complexity index is 386. The summed E-state index contributed by atoms with van der Waals surface area (Å²) in [5.41, 5.74) is 4.20. The van der Waals surface area contributed by atoms with Crippen molar-refractivity contribution in [1.82, 2.24) is 0 Å². The molecule has 86 valence electrons. The van der Waals surface area contributed by atoms with E-state index in [9.17, 15) is 0 Å². The van der Waals surface area contributed by atoms with E-state index in [1.807, 2.05) is 0 Å². The minimum atomic E-state index is 0.532. The van der Waals surface area contributed by atoms with Crippen LogP contribution in [0.25, 0.3) is 6.08 Å². The molecule has 1 saturated carbocycles. The largest absolute Gasteiger partial charge is 0.122 e. The number of rotatable bonds is 4. The number of benzene rings is 1. The van der Waals surface area contributed by atoms with Crippen molar-refractivity contribution in [3.8, 4) is 0 Å². The Morgan fingerprint density at radius 1 is 1.38 bits per heavy atom. The first-order chi connectivity index (χ1) is 7.72. The second-order valence-corrected chi connectivity index (χ2v) is 5.18. The van der Waals surface area contributed by atoms with Crippen molar-refractivity contribution in [2.24, 2.45) is 5.92 Å². The molecular weight excluding hydrogens is 216 g/mol. The molecule has 0 heterocycles. The Morgan fingerprint density at radius 3 is 2.62 bits per heavy atom. The molecule has 2 rings (SSSR count). The second-order valence-electron chi connectivity index (χ2n) is 4.91. The lowest BCUT2D eigenvalue weighted by Gasteiger charge is -2.10. The molecule has 1 aliphatic rings. The normalized spacial score (nSPS) is 16.9. The van der Waals surface area contributed by atoms with Gasteiger partial charge >= 0.3 is 0 Å². The van der Waals surface area contributed by atoms with Gasteiger partial charge in [-0.25, -0.2) is 0 Å². The maximum atomic E-state index is 5.99. The third-order valence-electron chi connectivity index (χ3n) is 3.25. The first kappa shape index (κ1) is 11.7. The summed E-state index contributed by atoms with van der Waals surface area (Å²) < 4.78 is 0. The number of alkyl halides is 1. The van der Waals surface area contributed by atoms with E-state index in [0.717, 1.165) is 5.92 Å². The fourth-order valence-electron chi connectivity index (χ4n) is 1.97. The van der Waals surface area contributed by atoms with Crippen molar-refractivity contribution in [3.05, 3.63) is 41.0 Å². The lowest BCUT2D eigenvalue weighted by molar-refractivity contribution is 0.778. The van der Waals surface area contributed by atoms with E-state index in [1.54, 1.807) is 0 Å². The molecule has 0 spiro atoms. The molecule has 0 radical (unpaired) electrons. The molecule has 0 aromatic heterocycles. The van der Waals surface area contributed by atoms with Crippen LogP contribution < -0.4 is 0 Å². The predicted molar refractivity (Wildman–Crippen MR) is 72.0 cm³/mol. The van der Waals surface area contributed by atoms with Crippen molar-refractivity contribution in [2.75, 3.05) is 5.88 Å². The maximum Gasteiger partial charge on any atom is 0.0439 e. The van der Waals surface area contributed by atoms with Crippen LogP contribution in [0.15, 0.2) is 29.8 Å². The molecule has 0 nitrogen and oxygen atoms in total. The van der Waals surface area contributed by atoms with Gasteiger partial charge in [0.1, 0.15) is 0 Å². The summed E-state index contributed by atoms with van der Waals surface area (Å²) in [6, 6.07) is 8.73. The first-order valence-corrected chi connectivity index (χ1v) is 6.61. The topological polar surface area (TPSA) is 0 Å². The highest BCUT2D eigenvalue weighted by molar-refractivity contribution is 6.19. The van der Waals surface area contributed by atoms with Gasteiger partial charge in [-0.2, -0.15) is 0 Å². The minimum Gasteiger partial charge on any atom is -0.122 e. The quantitative estimate of drug-likeness (QED) is 0.654. The van der Waals surface area contributed by atoms with Gasteiger partial charge in [-0.15, -0.1) is 11.6 Å². The summed E-state index contributed by atoms with van der Waals surface area (Å²) in [7, 11) is 0. The zero-order valence-corrected chi connectivity index (χ0v) is 10.8. The molecule has 0 aliphatic heterocycles. The number of hydrogen-bond donors (Lipinski definition) is 0. The van der Waals surface area contributed by atoms with Crippen LogP contribution in [0.5, 0.6) is 0 Å². The van der Waals surface area contributed by atoms with E-state index in [1.165, 1.54) is 29.5 Å². The average Bonchev–Trinajstić information content (AvgIpc) is 3.09. The zero-order valence-electron chi connectivity index (χ0n) is 10.0. The number of allylic oxidation sites excluding steroid dienone is 1. The standard InChI is InChI=1S/C15H19Cl/c1-11(2)14(10-16)9-13-5-3-4-6-15(13)12-7-8-12/h3-6,9,11-12H,7-8,10H2,1-2H3. The molecule has 1 aromatic rings. The average molecular weight is 235 g/mol. The predicted octanol–water partition coefficient (Wildman–Crippen LogP) is 4.84. The van der Waals surface area contributed by atoms with Crippen LogP contribution in [0.3, 0.4) is 0 Å². The molecule has 1 fully saturated rings. The van der Waals surface area contributed by atoms with E-state index in [2.05, 4.69) is 44.2 Å². The molecule has 1 aliphatic carbocycles. The van der Waals surface area contributed by atoms with Crippen LogP contribution in [0.2, 0.25) is 0 Å². The van der Waals surface area contributed by atoms with Gasteiger partial charge in [-0.1, -0.05) is 49.8 Å². The van der Waals surface area contributed by atoms with Crippen molar-refractivity contribution >= 4 is 17.7 Å². The Morgan fingerprint density at radius 2 is 2.06 bits per heavy atom. The molecule has 1 heteroatoms. The molecule has 16 heavy (non-hydrogen) atoms. The molecule has 0 saturated heterocycles. The molecular formula is C15H19Cl. The summed E-state index contributed by atoms with van der Waals surface area (Å²) in [6.07, 6.45) is 4.98. The summed E-state index contributed by atoms with van der Waals surface area (Å²) >= 11 is 5.99. The van der Waals surface area contributed by atoms with Crippen LogP contribution in [-0.4, -0.2) is 5.88 Å². The first-order valence-electron chi connectivity index (χ1n) is 6.07. The van der Waals surface area contributed by atoms with E-state index >= 15 is 0 Å². The Kier molecular flexibility index (Phi) is 3.70. The van der Waals surface area contributed by atoms with E-state index < -0.39 is 0 Å². The fourth-order valence-corrected chi connectivity index (χ4v) is 2.35. The number of hydrogen-bond acceptors (Lipinski definition) is 0. The number of halogens is 1. The highest BCUT2D eigenvalue weighted by atomic mass is 35.5. The van der Waals surface area contributed by atoms with Crippen molar-refractivity contribution in [3.63, 3.8) is 0 Å². The lowest BCUT2D eigenvalue weighted by atomic mass is 9.97. The van der Waals surface area contributed by atoms with Gasteiger partial charge in [0, 0.05) is 5.88 Å². The summed E-state index contributed by atoms with van der Waals surface area (Å²) in [5.74, 6) is 1.97. The van der Waals surface area contributed by atoms with Crippen LogP contribution in [0.1, 0.15) is 43.7 Å². The molecule has 1 aromatic carbocycles. The summed E-state index contributed by atoms with van der Waals surface area (Å²) in [4.78, 5) is 0. The van der Waals surface area contributed by atoms with Gasteiger partial charge in [0.05, 0.1) is 0 Å². The van der Waals surface area contributed by atoms with Gasteiger partial charge in [-0.3, -0.25) is 0 Å². The van der Waals surface area contributed by atoms with Crippen molar-refractivity contribution in [2.45, 2.75) is 32.6 Å². The van der Waals surface area contributed by atoms with Gasteiger partial charge < -0.3 is 0 Å². The van der Waals surface area contributed by atoms with Crippen LogP contribution in [0, 0.1) is 5.92 Å². The van der Waals surface area contributed by atoms with Crippen LogP contribution in [0.4, 0.5) is 0 Å². The monoisotopic (exact) mass is 234 g/mol. The third kappa shape index (κ3) is 2.68. The van der Waals surface area contributed by atoms with Crippen LogP contribution >= 0.6 is 11.6 Å². The fraction of sp³-hybridized carbons (Fsp3) is 0.467. The molecule has 0 atom stereocenters. The minimum absolute atomic E-state index is 0.532. The second kappa shape index (κ2) is 5.05. The van der Waals surface area contributed by atoms with Gasteiger partial charge in [0.15, 0.2) is 0 Å². The molecule has 0 unspecified atom stereocenters. The highest BCUT2D eigenvalue weighted by Gasteiger charge is 2.25. The van der Waals surface area contributed by atoms with Crippen molar-refractivity contribution < 1.29 is 0 Å². The SMILES string of the molecule is CC(C)C(=Cc1ccccc1C1CC1)CCl. The molecule has 0 N–H and O–H groups in total. The molecule has 0 bridgehead atoms. The Labute approximate surface area is 103 Å². The van der Waals surface area contributed by atoms with E-state index in [-0.39, 0.29) is 0 Å². The third-order valence-corrected chi connectivity index (χ3v) is 3.56. The van der Waals surface area contributed by atoms with Crippen LogP contribution in [-0.2, 0) is 0 Å². The van der Waals surface area contributed by atoms with Gasteiger partial charge in [-0.05, 0) is 35.8 Å². The van der Waals surface area contributed by atoms with E-state index in [4.69, 9.17) is 11.6 Å². The smallest absolute Gasteiger partial charge is 0.0439 e. The summed E-state index contributed by atoms with van der Waals surface area (Å²) in [5, 5.41) is 0. The maximum absolute atomic E-state index is 5.99. The van der Waals surface area contributed by atoms with Crippen molar-refractivity contribution in [1.29, 1.82) is 0 Å². The Hall–Kier alpha value is -0.750. The van der Waals surface area contributed by atoms with Gasteiger partial charge in [0.25, 0.3) is 0 Å². The Balaban J connectivity index is 2.32.